The zero-order chi connectivity index (χ0) is 16.3. The van der Waals surface area contributed by atoms with Gasteiger partial charge in [-0.2, -0.15) is 8.42 Å². The van der Waals surface area contributed by atoms with Crippen molar-refractivity contribution in [3.63, 3.8) is 0 Å². The number of hydrogen-bond donors (Lipinski definition) is 0. The van der Waals surface area contributed by atoms with Gasteiger partial charge in [-0.1, -0.05) is 31.2 Å². The maximum absolute atomic E-state index is 11.9. The maximum Gasteiger partial charge on any atom is 0.462 e. The van der Waals surface area contributed by atoms with Crippen molar-refractivity contribution in [1.29, 1.82) is 0 Å². The Morgan fingerprint density at radius 1 is 1.24 bits per heavy atom. The van der Waals surface area contributed by atoms with E-state index in [1.54, 1.807) is 0 Å². The summed E-state index contributed by atoms with van der Waals surface area (Å²) in [5.74, 6) is -1.03. The number of Topliss-reactive ketones (excluding diaryl/α,β-unsaturated/α-hetero) is 1. The molecule has 0 atom stereocenters. The lowest BCUT2D eigenvalue weighted by Gasteiger charge is -2.23. The average molecular weight is 332 g/mol. The second-order valence-electron chi connectivity index (χ2n) is 5.03. The molecule has 21 heavy (non-hydrogen) atoms. The van der Waals surface area contributed by atoms with E-state index >= 15 is 0 Å². The molecule has 0 heterocycles. The fraction of sp³-hybridized carbons (Fsp3) is 0.500. The van der Waals surface area contributed by atoms with Gasteiger partial charge in [0.15, 0.2) is 0 Å². The minimum absolute atomic E-state index is 0.251. The van der Waals surface area contributed by atoms with Crippen molar-refractivity contribution in [2.75, 3.05) is 6.26 Å². The Balaban J connectivity index is 2.94. The van der Waals surface area contributed by atoms with Crippen molar-refractivity contribution in [3.05, 3.63) is 29.8 Å². The van der Waals surface area contributed by atoms with Crippen LogP contribution in [0.5, 0.6) is 0 Å². The zero-order valence-electron chi connectivity index (χ0n) is 11.7. The Labute approximate surface area is 123 Å². The van der Waals surface area contributed by atoms with Crippen molar-refractivity contribution in [3.8, 4) is 0 Å². The Hall–Kier alpha value is -1.57. The Morgan fingerprint density at radius 2 is 1.76 bits per heavy atom. The second-order valence-corrected chi connectivity index (χ2v) is 10.9. The predicted octanol–water partition coefficient (Wildman–Crippen LogP) is 0.861. The predicted molar refractivity (Wildman–Crippen MR) is 77.6 cm³/mol. The van der Waals surface area contributed by atoms with Gasteiger partial charge in [-0.15, -0.1) is 4.79 Å². The van der Waals surface area contributed by atoms with Crippen LogP contribution in [-0.4, -0.2) is 38.7 Å². The first-order chi connectivity index (χ1) is 9.53. The SMILES string of the molecule is CC1(CCC(=O)C(=[N+]=[N-])S(=O)(=O)S(C)(=O)=O)C=CCC=C1. The lowest BCUT2D eigenvalue weighted by molar-refractivity contribution is -0.116. The fourth-order valence-electron chi connectivity index (χ4n) is 1.85. The largest absolute Gasteiger partial charge is 0.462 e. The molecule has 0 aromatic heterocycles. The normalized spacial score (nSPS) is 17.2. The lowest BCUT2D eigenvalue weighted by atomic mass is 9.81. The highest BCUT2D eigenvalue weighted by Crippen LogP contribution is 2.30. The molecule has 0 aromatic rings. The summed E-state index contributed by atoms with van der Waals surface area (Å²) in [7, 11) is -9.56. The van der Waals surface area contributed by atoms with Crippen LogP contribution in [0.25, 0.3) is 5.53 Å². The van der Waals surface area contributed by atoms with Gasteiger partial charge >= 0.3 is 13.9 Å². The highest BCUT2D eigenvalue weighted by molar-refractivity contribution is 8.73. The van der Waals surface area contributed by atoms with E-state index in [-0.39, 0.29) is 12.8 Å². The summed E-state index contributed by atoms with van der Waals surface area (Å²) in [5.41, 5.74) is 8.28. The van der Waals surface area contributed by atoms with E-state index in [0.29, 0.717) is 6.26 Å². The van der Waals surface area contributed by atoms with Gasteiger partial charge in [0.25, 0.3) is 14.7 Å². The average Bonchev–Trinajstić information content (AvgIpc) is 2.36. The number of ketones is 1. The molecule has 0 fully saturated rings. The summed E-state index contributed by atoms with van der Waals surface area (Å²) in [6.45, 7) is 1.85. The van der Waals surface area contributed by atoms with Crippen LogP contribution in [0.2, 0.25) is 0 Å². The van der Waals surface area contributed by atoms with Gasteiger partial charge in [0, 0.05) is 11.8 Å². The lowest BCUT2D eigenvalue weighted by Crippen LogP contribution is -2.31. The minimum atomic E-state index is -4.97. The number of carbonyl (C=O) groups excluding carboxylic acids is 1. The van der Waals surface area contributed by atoms with E-state index < -0.39 is 34.0 Å². The molecule has 0 saturated carbocycles. The van der Waals surface area contributed by atoms with Crippen LogP contribution in [-0.2, 0) is 22.5 Å². The van der Waals surface area contributed by atoms with Gasteiger partial charge in [0.1, 0.15) is 0 Å². The molecule has 1 rings (SSSR count). The van der Waals surface area contributed by atoms with Crippen molar-refractivity contribution >= 4 is 28.6 Å². The zero-order valence-corrected chi connectivity index (χ0v) is 13.3. The molecule has 0 bridgehead atoms. The van der Waals surface area contributed by atoms with Crippen LogP contribution in [0.3, 0.4) is 0 Å². The second kappa shape index (κ2) is 6.05. The van der Waals surface area contributed by atoms with E-state index in [9.17, 15) is 21.6 Å². The molecule has 0 spiro atoms. The van der Waals surface area contributed by atoms with E-state index in [2.05, 4.69) is 4.79 Å². The van der Waals surface area contributed by atoms with Gasteiger partial charge < -0.3 is 5.53 Å². The van der Waals surface area contributed by atoms with Crippen LogP contribution in [0.1, 0.15) is 26.2 Å². The molecule has 9 heteroatoms. The van der Waals surface area contributed by atoms with Crippen LogP contribution < -0.4 is 0 Å². The van der Waals surface area contributed by atoms with Crippen LogP contribution >= 0.6 is 0 Å². The molecule has 0 N–H and O–H groups in total. The first kappa shape index (κ1) is 17.5. The highest BCUT2D eigenvalue weighted by atomic mass is 33.2. The summed E-state index contributed by atoms with van der Waals surface area (Å²) in [6, 6.07) is 0. The molecule has 0 radical (unpaired) electrons. The molecule has 0 aliphatic heterocycles. The molecule has 0 aromatic carbocycles. The summed E-state index contributed by atoms with van der Waals surface area (Å²) >= 11 is 0. The number of nitrogens with zero attached hydrogens (tertiary/aromatic N) is 2. The van der Waals surface area contributed by atoms with E-state index in [0.717, 1.165) is 6.42 Å². The van der Waals surface area contributed by atoms with Gasteiger partial charge in [-0.05, 0) is 12.8 Å². The van der Waals surface area contributed by atoms with Crippen molar-refractivity contribution < 1.29 is 26.4 Å². The molecule has 0 unspecified atom stereocenters. The third-order valence-corrected chi connectivity index (χ3v) is 7.57. The summed E-state index contributed by atoms with van der Waals surface area (Å²) in [4.78, 5) is 14.2. The van der Waals surface area contributed by atoms with Crippen molar-refractivity contribution in [2.24, 2.45) is 5.41 Å². The van der Waals surface area contributed by atoms with Gasteiger partial charge in [0.05, 0.1) is 6.26 Å². The quantitative estimate of drug-likeness (QED) is 0.184. The van der Waals surface area contributed by atoms with Crippen LogP contribution in [0.4, 0.5) is 0 Å². The third kappa shape index (κ3) is 3.96. The van der Waals surface area contributed by atoms with Crippen LogP contribution in [0.15, 0.2) is 24.3 Å². The topological polar surface area (TPSA) is 122 Å². The summed E-state index contributed by atoms with van der Waals surface area (Å²) < 4.78 is 45.6. The molecule has 0 saturated heterocycles. The number of allylic oxidation sites excluding steroid dienone is 4. The van der Waals surface area contributed by atoms with Gasteiger partial charge in [-0.25, -0.2) is 8.42 Å². The van der Waals surface area contributed by atoms with Crippen molar-refractivity contribution in [1.82, 2.24) is 0 Å². The number of hydrogen-bond acceptors (Lipinski definition) is 5. The molecule has 116 valence electrons. The Bertz CT molecular complexity index is 741. The fourth-order valence-corrected chi connectivity index (χ4v) is 3.86. The Kier molecular flexibility index (Phi) is 5.03. The van der Waals surface area contributed by atoms with Crippen LogP contribution in [0, 0.1) is 5.41 Å². The third-order valence-electron chi connectivity index (χ3n) is 3.12. The number of rotatable bonds is 5. The van der Waals surface area contributed by atoms with Gasteiger partial charge in [0.2, 0.25) is 0 Å². The molecule has 1 aliphatic rings. The minimum Gasteiger partial charge on any atom is -0.360 e. The summed E-state index contributed by atoms with van der Waals surface area (Å²) in [6.07, 6.45) is 8.86. The smallest absolute Gasteiger partial charge is 0.360 e. The number of carbonyl (C=O) groups is 1. The molecule has 7 nitrogen and oxygen atoms in total. The Morgan fingerprint density at radius 3 is 2.19 bits per heavy atom. The summed E-state index contributed by atoms with van der Waals surface area (Å²) in [5, 5.41) is -1.34. The maximum atomic E-state index is 11.9. The highest BCUT2D eigenvalue weighted by Gasteiger charge is 2.43. The molecular formula is C12H16N2O5S2. The van der Waals surface area contributed by atoms with E-state index in [1.165, 1.54) is 0 Å². The van der Waals surface area contributed by atoms with Crippen molar-refractivity contribution in [2.45, 2.75) is 26.2 Å². The monoisotopic (exact) mass is 332 g/mol. The molecular weight excluding hydrogens is 316 g/mol. The molecule has 1 aliphatic carbocycles. The van der Waals surface area contributed by atoms with E-state index in [4.69, 9.17) is 5.53 Å². The van der Waals surface area contributed by atoms with E-state index in [1.807, 2.05) is 31.2 Å². The first-order valence-electron chi connectivity index (χ1n) is 6.09. The molecule has 0 amide bonds. The first-order valence-corrected chi connectivity index (χ1v) is 9.98. The van der Waals surface area contributed by atoms with Gasteiger partial charge in [-0.3, -0.25) is 4.79 Å². The standard InChI is InChI=1S/C12H16N2O5S2/c1-12(7-4-3-5-8-12)9-6-10(15)11(14-13)21(18,19)20(2,16)17/h4-5,7-8H,3,6,9H2,1-2H3.